The topological polar surface area (TPSA) is 81.2 Å². The summed E-state index contributed by atoms with van der Waals surface area (Å²) in [7, 11) is 7.88. The predicted molar refractivity (Wildman–Crippen MR) is 393 cm³/mol. The molecule has 0 spiro atoms. The summed E-state index contributed by atoms with van der Waals surface area (Å²) in [5, 5.41) is 12.9. The first-order valence-electron chi connectivity index (χ1n) is 29.1. The van der Waals surface area contributed by atoms with Crippen molar-refractivity contribution in [1.29, 1.82) is 0 Å². The highest BCUT2D eigenvalue weighted by Gasteiger charge is 2.18. The third-order valence-corrected chi connectivity index (χ3v) is 15.0. The van der Waals surface area contributed by atoms with Gasteiger partial charge in [-0.2, -0.15) is 0 Å². The minimum atomic E-state index is -0.696. The molecule has 1 N–H and O–H groups in total. The Bertz CT molecular complexity index is 3400. The Balaban J connectivity index is 0.000000311. The molecule has 0 amide bonds. The maximum Gasteiger partial charge on any atom is 0.164 e. The summed E-state index contributed by atoms with van der Waals surface area (Å²) in [6.45, 7) is 8.22. The molecule has 1 fully saturated rings. The Morgan fingerprint density at radius 3 is 0.967 bits per heavy atom. The average Bonchev–Trinajstić information content (AvgIpc) is 3.09. The van der Waals surface area contributed by atoms with Gasteiger partial charge in [0.25, 0.3) is 0 Å². The Morgan fingerprint density at radius 2 is 0.689 bits per heavy atom. The number of nitrogens with zero attached hydrogens (tertiary/aromatic N) is 3. The number of hydrogen-bond donors (Lipinski definition) is 1. The maximum atomic E-state index is 12.9. The summed E-state index contributed by atoms with van der Waals surface area (Å²) >= 11 is 23.7. The van der Waals surface area contributed by atoms with E-state index in [1.54, 1.807) is 0 Å². The lowest BCUT2D eigenvalue weighted by atomic mass is 9.97. The molecule has 1 heterocycles. The summed E-state index contributed by atoms with van der Waals surface area (Å²) < 4.78 is 0. The standard InChI is InChI=1S/C21H22ClNO.2C19H20ClNO.C17H15ClO.3ClH/c22-19-10-8-17(9-11-19)16-20(18-6-2-1-3-7-18)21(24)12-15-23-13-4-5-14-23;2*1-21(2)13-12-19(22)18(16-6-4-3-5-7-16)14-15-8-10-17(20)11-9-15;1-2-17(19)16(14-6-4-3-5-7-14)12-13-8-10-15(18)11-9-13;;;/h1-3,6-11,16H,4-5,12-15H2;2*3-11,14H,12-13H2,1-2H3;2-12,17,19H,1H2;3*1H/b20-16-;2*18-14-;16-12+;;;. The van der Waals surface area contributed by atoms with Crippen LogP contribution in [0.5, 0.6) is 0 Å². The molecule has 1 saturated heterocycles. The number of halogens is 7. The number of ketones is 3. The van der Waals surface area contributed by atoms with E-state index in [1.807, 2.05) is 281 Å². The Kier molecular flexibility index (Phi) is 36.6. The molecule has 14 heteroatoms. The second kappa shape index (κ2) is 42.4. The first-order valence-corrected chi connectivity index (χ1v) is 30.6. The molecule has 1 atom stereocenters. The van der Waals surface area contributed by atoms with Crippen molar-refractivity contribution in [2.45, 2.75) is 38.2 Å². The van der Waals surface area contributed by atoms with E-state index in [1.165, 1.54) is 18.9 Å². The number of carbonyl (C=O) groups is 3. The van der Waals surface area contributed by atoms with E-state index in [0.717, 1.165) is 99.5 Å². The van der Waals surface area contributed by atoms with Gasteiger partial charge in [0.2, 0.25) is 0 Å². The van der Waals surface area contributed by atoms with Crippen molar-refractivity contribution < 1.29 is 19.5 Å². The molecular weight excluding hydrogens is 1270 g/mol. The molecule has 0 bridgehead atoms. The van der Waals surface area contributed by atoms with Crippen molar-refractivity contribution in [2.75, 3.05) is 60.9 Å². The second-order valence-electron chi connectivity index (χ2n) is 21.3. The zero-order valence-electron chi connectivity index (χ0n) is 51.3. The molecule has 8 aromatic rings. The van der Waals surface area contributed by atoms with Gasteiger partial charge in [0, 0.05) is 75.7 Å². The number of hydrogen-bond acceptors (Lipinski definition) is 7. The summed E-state index contributed by atoms with van der Waals surface area (Å²) in [5.41, 5.74) is 10.8. The molecule has 0 saturated carbocycles. The van der Waals surface area contributed by atoms with Gasteiger partial charge in [0.15, 0.2) is 17.3 Å². The number of carbonyl (C=O) groups excluding carboxylic acids is 3. The molecule has 9 rings (SSSR count). The molecule has 8 aromatic carbocycles. The van der Waals surface area contributed by atoms with Crippen LogP contribution in [0.4, 0.5) is 0 Å². The normalized spacial score (nSPS) is 12.7. The van der Waals surface area contributed by atoms with Gasteiger partial charge < -0.3 is 19.8 Å². The van der Waals surface area contributed by atoms with Gasteiger partial charge in [0.05, 0.1) is 6.10 Å². The van der Waals surface area contributed by atoms with Crippen LogP contribution in [0.25, 0.3) is 46.6 Å². The van der Waals surface area contributed by atoms with Crippen molar-refractivity contribution in [3.63, 3.8) is 0 Å². The number of allylic oxidation sites excluding steroid dienone is 3. The van der Waals surface area contributed by atoms with E-state index in [9.17, 15) is 19.5 Å². The highest BCUT2D eigenvalue weighted by Crippen LogP contribution is 2.27. The van der Waals surface area contributed by atoms with E-state index >= 15 is 0 Å². The summed E-state index contributed by atoms with van der Waals surface area (Å²) in [4.78, 5) is 44.5. The van der Waals surface area contributed by atoms with E-state index in [-0.39, 0.29) is 54.6 Å². The van der Waals surface area contributed by atoms with Crippen LogP contribution in [0.1, 0.15) is 76.6 Å². The Hall–Kier alpha value is -6.66. The maximum absolute atomic E-state index is 12.9. The quantitative estimate of drug-likeness (QED) is 0.0411. The van der Waals surface area contributed by atoms with Gasteiger partial charge in [-0.05, 0) is 177 Å². The first-order chi connectivity index (χ1) is 42.0. The monoisotopic (exact) mass is 1340 g/mol. The van der Waals surface area contributed by atoms with Gasteiger partial charge in [-0.15, -0.1) is 43.8 Å². The van der Waals surface area contributed by atoms with Gasteiger partial charge in [0.1, 0.15) is 0 Å². The van der Waals surface area contributed by atoms with Crippen molar-refractivity contribution in [1.82, 2.24) is 14.7 Å². The van der Waals surface area contributed by atoms with Crippen molar-refractivity contribution >= 4 is 148 Å². The van der Waals surface area contributed by atoms with Crippen LogP contribution >= 0.6 is 83.6 Å². The van der Waals surface area contributed by atoms with Gasteiger partial charge >= 0.3 is 0 Å². The third kappa shape index (κ3) is 27.8. The fourth-order valence-corrected chi connectivity index (χ4v) is 9.66. The van der Waals surface area contributed by atoms with Gasteiger partial charge in [-0.3, -0.25) is 14.4 Å². The summed E-state index contributed by atoms with van der Waals surface area (Å²) in [5.74, 6) is 0.493. The lowest BCUT2D eigenvalue weighted by Crippen LogP contribution is -2.22. The Labute approximate surface area is 572 Å². The molecule has 472 valence electrons. The van der Waals surface area contributed by atoms with Gasteiger partial charge in [-0.25, -0.2) is 0 Å². The smallest absolute Gasteiger partial charge is 0.164 e. The number of rotatable bonds is 22. The molecule has 0 radical (unpaired) electrons. The SMILES string of the molecule is C=CC(O)/C(=C/c1ccc(Cl)cc1)c1ccccc1.CN(C)CCC(=O)/C(=C\c1ccc(Cl)cc1)c1ccccc1.CN(C)CCC(=O)/C(=C\c1ccc(Cl)cc1)c1ccccc1.Cl.Cl.Cl.O=C(CCN1CCCC1)/C(=C\c1ccc(Cl)cc1)c1ccccc1. The van der Waals surface area contributed by atoms with Gasteiger partial charge in [-0.1, -0.05) is 222 Å². The van der Waals surface area contributed by atoms with Crippen LogP contribution < -0.4 is 0 Å². The van der Waals surface area contributed by atoms with Crippen molar-refractivity contribution in [3.8, 4) is 0 Å². The molecule has 0 aromatic heterocycles. The lowest BCUT2D eigenvalue weighted by Gasteiger charge is -2.14. The van der Waals surface area contributed by atoms with E-state index in [4.69, 9.17) is 46.4 Å². The average molecular weight is 1350 g/mol. The van der Waals surface area contributed by atoms with Crippen LogP contribution in [0.3, 0.4) is 0 Å². The molecule has 0 aliphatic carbocycles. The minimum Gasteiger partial charge on any atom is -0.384 e. The highest BCUT2D eigenvalue weighted by atomic mass is 35.5. The van der Waals surface area contributed by atoms with Crippen molar-refractivity contribution in [2.24, 2.45) is 0 Å². The van der Waals surface area contributed by atoms with Crippen LogP contribution in [-0.4, -0.2) is 104 Å². The minimum absolute atomic E-state index is 0. The molecule has 1 aliphatic rings. The molecule has 7 nitrogen and oxygen atoms in total. The third-order valence-electron chi connectivity index (χ3n) is 14.0. The highest BCUT2D eigenvalue weighted by molar-refractivity contribution is 6.32. The number of aliphatic hydroxyl groups is 1. The lowest BCUT2D eigenvalue weighted by molar-refractivity contribution is -0.114. The zero-order valence-corrected chi connectivity index (χ0v) is 56.8. The Morgan fingerprint density at radius 1 is 0.422 bits per heavy atom. The van der Waals surface area contributed by atoms with E-state index in [2.05, 4.69) is 11.5 Å². The van der Waals surface area contributed by atoms with E-state index < -0.39 is 6.10 Å². The molecular formula is C76H80Cl7N3O4. The number of benzene rings is 8. The number of Topliss-reactive ketones (excluding diaryl/α,β-unsaturated/α-hetero) is 3. The van der Waals surface area contributed by atoms with Crippen LogP contribution in [0.2, 0.25) is 20.1 Å². The fourth-order valence-electron chi connectivity index (χ4n) is 9.16. The number of likely N-dealkylation sites (tertiary alicyclic amines) is 1. The fraction of sp³-hybridized carbons (Fsp3) is 0.197. The van der Waals surface area contributed by atoms with Crippen molar-refractivity contribution in [3.05, 3.63) is 296 Å². The van der Waals surface area contributed by atoms with E-state index in [0.29, 0.717) is 39.4 Å². The largest absolute Gasteiger partial charge is 0.384 e. The number of aliphatic hydroxyl groups excluding tert-OH is 1. The van der Waals surface area contributed by atoms with Crippen LogP contribution in [-0.2, 0) is 14.4 Å². The summed E-state index contributed by atoms with van der Waals surface area (Å²) in [6.07, 6.45) is 12.7. The molecule has 90 heavy (non-hydrogen) atoms. The molecule has 1 unspecified atom stereocenters. The zero-order chi connectivity index (χ0) is 62.3. The summed E-state index contributed by atoms with van der Waals surface area (Å²) in [6, 6.07) is 69.3. The molecule has 1 aliphatic heterocycles. The predicted octanol–water partition coefficient (Wildman–Crippen LogP) is 19.4. The van der Waals surface area contributed by atoms with Crippen LogP contribution in [0, 0.1) is 0 Å². The second-order valence-corrected chi connectivity index (χ2v) is 23.0. The first kappa shape index (κ1) is 77.6. The van der Waals surface area contributed by atoms with Crippen LogP contribution in [0.15, 0.2) is 231 Å².